The van der Waals surface area contributed by atoms with Gasteiger partial charge in [-0.2, -0.15) is 0 Å². The van der Waals surface area contributed by atoms with Gasteiger partial charge in [0, 0.05) is 6.42 Å². The molecule has 0 aliphatic heterocycles. The minimum atomic E-state index is -4.04. The Morgan fingerprint density at radius 1 is 1.02 bits per heavy atom. The van der Waals surface area contributed by atoms with Crippen molar-refractivity contribution in [2.24, 2.45) is 46.3 Å². The van der Waals surface area contributed by atoms with E-state index >= 15 is 0 Å². The van der Waals surface area contributed by atoms with Gasteiger partial charge in [-0.05, 0) is 128 Å². The highest BCUT2D eigenvalue weighted by Crippen LogP contribution is 2.68. The number of carbonyl (C=O) groups is 2. The molecular weight excluding hydrogens is 552 g/mol. The highest BCUT2D eigenvalue weighted by atomic mass is 32.2. The summed E-state index contributed by atoms with van der Waals surface area (Å²) in [5.41, 5.74) is 0.744. The van der Waals surface area contributed by atoms with Crippen molar-refractivity contribution in [3.63, 3.8) is 0 Å². The average Bonchev–Trinajstić information content (AvgIpc) is 3.36. The van der Waals surface area contributed by atoms with Gasteiger partial charge in [0.2, 0.25) is 5.91 Å². The van der Waals surface area contributed by atoms with E-state index in [4.69, 9.17) is 4.74 Å². The van der Waals surface area contributed by atoms with Gasteiger partial charge in [-0.25, -0.2) is 13.1 Å². The summed E-state index contributed by atoms with van der Waals surface area (Å²) >= 11 is 0. The van der Waals surface area contributed by atoms with Gasteiger partial charge in [-0.1, -0.05) is 27.2 Å². The molecule has 3 N–H and O–H groups in total. The Bertz CT molecular complexity index is 1250. The van der Waals surface area contributed by atoms with Crippen LogP contribution in [-0.4, -0.2) is 45.1 Å². The first-order valence-corrected chi connectivity index (χ1v) is 17.5. The zero-order chi connectivity index (χ0) is 30.3. The lowest BCUT2D eigenvalue weighted by atomic mass is 9.42. The summed E-state index contributed by atoms with van der Waals surface area (Å²) in [6, 6.07) is 5.74. The van der Waals surface area contributed by atoms with Crippen molar-refractivity contribution >= 4 is 21.8 Å². The molecule has 0 aromatic heterocycles. The quantitative estimate of drug-likeness (QED) is 0.364. The van der Waals surface area contributed by atoms with Crippen molar-refractivity contribution in [2.75, 3.05) is 13.7 Å². The van der Waals surface area contributed by atoms with E-state index < -0.39 is 22.5 Å². The molecule has 42 heavy (non-hydrogen) atoms. The number of aliphatic hydroxyl groups is 1. The molecule has 9 unspecified atom stereocenters. The molecule has 0 spiro atoms. The maximum atomic E-state index is 12.8. The van der Waals surface area contributed by atoms with Gasteiger partial charge in [-0.15, -0.1) is 0 Å². The lowest BCUT2D eigenvalue weighted by Crippen LogP contribution is -2.57. The number of rotatable bonds is 9. The van der Waals surface area contributed by atoms with Crippen LogP contribution in [0.1, 0.15) is 91.4 Å². The molecule has 0 saturated heterocycles. The van der Waals surface area contributed by atoms with Crippen LogP contribution >= 0.6 is 0 Å². The van der Waals surface area contributed by atoms with Crippen LogP contribution in [0, 0.1) is 46.3 Å². The number of nitrogens with one attached hydrogen (secondary N) is 2. The lowest BCUT2D eigenvalue weighted by molar-refractivity contribution is -0.156. The van der Waals surface area contributed by atoms with E-state index in [9.17, 15) is 23.1 Å². The molecule has 4 aliphatic carbocycles. The van der Waals surface area contributed by atoms with E-state index in [1.807, 2.05) is 4.72 Å². The zero-order valence-corrected chi connectivity index (χ0v) is 26.5. The van der Waals surface area contributed by atoms with E-state index in [-0.39, 0.29) is 16.9 Å². The number of amides is 2. The molecular formula is C33H50N2O6S. The summed E-state index contributed by atoms with van der Waals surface area (Å²) in [5.74, 6) is 3.04. The molecule has 0 heterocycles. The van der Waals surface area contributed by atoms with Crippen molar-refractivity contribution in [3.8, 4) is 5.75 Å². The Hall–Kier alpha value is -2.13. The Kier molecular flexibility index (Phi) is 9.02. The van der Waals surface area contributed by atoms with E-state index in [0.717, 1.165) is 38.0 Å². The van der Waals surface area contributed by atoms with E-state index in [1.54, 1.807) is 0 Å². The van der Waals surface area contributed by atoms with Crippen LogP contribution in [0.2, 0.25) is 0 Å². The number of carbonyl (C=O) groups excluding carboxylic acids is 2. The molecule has 4 aliphatic rings. The highest BCUT2D eigenvalue weighted by Gasteiger charge is 2.61. The summed E-state index contributed by atoms with van der Waals surface area (Å²) in [5, 5.41) is 13.2. The van der Waals surface area contributed by atoms with Crippen LogP contribution in [0.5, 0.6) is 5.75 Å². The third kappa shape index (κ3) is 6.10. The summed E-state index contributed by atoms with van der Waals surface area (Å²) in [4.78, 5) is 25.1. The van der Waals surface area contributed by atoms with E-state index in [1.165, 1.54) is 63.5 Å². The second kappa shape index (κ2) is 12.1. The van der Waals surface area contributed by atoms with E-state index in [2.05, 4.69) is 26.1 Å². The summed E-state index contributed by atoms with van der Waals surface area (Å²) in [6.07, 6.45) is 11.5. The van der Waals surface area contributed by atoms with Gasteiger partial charge in [-0.3, -0.25) is 9.59 Å². The summed E-state index contributed by atoms with van der Waals surface area (Å²) in [7, 11) is -2.55. The monoisotopic (exact) mass is 602 g/mol. The summed E-state index contributed by atoms with van der Waals surface area (Å²) in [6.45, 7) is 6.95. The van der Waals surface area contributed by atoms with Crippen molar-refractivity contribution in [1.29, 1.82) is 0 Å². The first-order valence-electron chi connectivity index (χ1n) is 16.0. The Balaban J connectivity index is 1.18. The number of aliphatic hydroxyl groups excluding tert-OH is 1. The molecule has 9 heteroatoms. The molecule has 4 fully saturated rings. The molecule has 4 saturated carbocycles. The SMILES string of the molecule is COc1ccc(S(=O)(=O)NC(=O)CNC(=O)CCC(C)C2CC3CC(O)CCC3(C)C3CCC4(C)CCCC4C23)cc1. The molecule has 8 nitrogen and oxygen atoms in total. The highest BCUT2D eigenvalue weighted by molar-refractivity contribution is 7.90. The number of sulfonamides is 1. The molecule has 0 bridgehead atoms. The second-order valence-corrected chi connectivity index (χ2v) is 16.1. The van der Waals surface area contributed by atoms with Gasteiger partial charge in [0.1, 0.15) is 5.75 Å². The van der Waals surface area contributed by atoms with Crippen LogP contribution in [0.25, 0.3) is 0 Å². The largest absolute Gasteiger partial charge is 0.497 e. The predicted molar refractivity (Wildman–Crippen MR) is 161 cm³/mol. The third-order valence-corrected chi connectivity index (χ3v) is 13.5. The molecule has 5 rings (SSSR count). The first kappa shape index (κ1) is 31.3. The fourth-order valence-electron chi connectivity index (χ4n) is 9.74. The molecule has 234 valence electrons. The van der Waals surface area contributed by atoms with Crippen molar-refractivity contribution in [3.05, 3.63) is 24.3 Å². The Morgan fingerprint density at radius 3 is 2.48 bits per heavy atom. The predicted octanol–water partition coefficient (Wildman–Crippen LogP) is 5.05. The number of hydrogen-bond donors (Lipinski definition) is 3. The Morgan fingerprint density at radius 2 is 1.76 bits per heavy atom. The Labute approximate surface area is 251 Å². The number of methoxy groups -OCH3 is 1. The smallest absolute Gasteiger partial charge is 0.264 e. The van der Waals surface area contributed by atoms with Crippen LogP contribution in [-0.2, 0) is 19.6 Å². The van der Waals surface area contributed by atoms with Crippen molar-refractivity contribution < 1.29 is 27.9 Å². The fourth-order valence-corrected chi connectivity index (χ4v) is 10.7. The number of fused-ring (bicyclic) bond motifs is 5. The average molecular weight is 603 g/mol. The fraction of sp³-hybridized carbons (Fsp3) is 0.758. The molecule has 2 amide bonds. The normalized spacial score (nSPS) is 36.6. The van der Waals surface area contributed by atoms with Gasteiger partial charge in [0.25, 0.3) is 15.9 Å². The topological polar surface area (TPSA) is 122 Å². The molecule has 1 aromatic carbocycles. The number of ether oxygens (including phenoxy) is 1. The van der Waals surface area contributed by atoms with Crippen LogP contribution in [0.15, 0.2) is 29.2 Å². The van der Waals surface area contributed by atoms with Crippen molar-refractivity contribution in [2.45, 2.75) is 102 Å². The molecule has 0 radical (unpaired) electrons. The molecule has 1 aromatic rings. The minimum absolute atomic E-state index is 0.0507. The third-order valence-electron chi connectivity index (χ3n) is 12.1. The van der Waals surface area contributed by atoms with Crippen LogP contribution in [0.3, 0.4) is 0 Å². The second-order valence-electron chi connectivity index (χ2n) is 14.4. The number of benzene rings is 1. The maximum absolute atomic E-state index is 12.8. The van der Waals surface area contributed by atoms with Crippen LogP contribution in [0.4, 0.5) is 0 Å². The maximum Gasteiger partial charge on any atom is 0.264 e. The van der Waals surface area contributed by atoms with Gasteiger partial charge < -0.3 is 15.2 Å². The van der Waals surface area contributed by atoms with Gasteiger partial charge in [0.15, 0.2) is 0 Å². The van der Waals surface area contributed by atoms with Crippen LogP contribution < -0.4 is 14.8 Å². The summed E-state index contributed by atoms with van der Waals surface area (Å²) < 4.78 is 32.1. The number of hydrogen-bond acceptors (Lipinski definition) is 6. The standard InChI is InChI=1S/C33H50N2O6S/c1-21(7-12-29(37)34-20-30(38)35-42(39,40)25-10-8-24(41-4)9-11-25)26-19-22-18-23(36)13-17-33(22,3)28-14-16-32(2)15-5-6-27(32)31(26)28/h8-11,21-23,26-28,31,36H,5-7,12-20H2,1-4H3,(H,34,37)(H,35,38). The van der Waals surface area contributed by atoms with Crippen molar-refractivity contribution in [1.82, 2.24) is 10.0 Å². The van der Waals surface area contributed by atoms with E-state index in [0.29, 0.717) is 52.6 Å². The minimum Gasteiger partial charge on any atom is -0.497 e. The van der Waals surface area contributed by atoms with Gasteiger partial charge >= 0.3 is 0 Å². The first-order chi connectivity index (χ1) is 19.9. The molecule has 9 atom stereocenters. The van der Waals surface area contributed by atoms with Gasteiger partial charge in [0.05, 0.1) is 24.7 Å². The zero-order valence-electron chi connectivity index (χ0n) is 25.7. The lowest BCUT2D eigenvalue weighted by Gasteiger charge is -2.63.